The average Bonchev–Trinajstić information content (AvgIpc) is 3.08. The Morgan fingerprint density at radius 3 is 2.96 bits per heavy atom. The summed E-state index contributed by atoms with van der Waals surface area (Å²) in [6, 6.07) is 9.29. The molecule has 2 aromatic heterocycles. The standard InChI is InChI=1S/C19H23N5O2/c1-3-18-22-16-7-6-15(11-17(16)23-18)21-19(25)24(9-10-26-2)13-14-5-4-8-20-12-14/h4-8,11-12H,3,9-10,13H2,1-2H3,(H,21,25)(H,22,23). The van der Waals surface area contributed by atoms with Crippen LogP contribution in [-0.2, 0) is 17.7 Å². The lowest BCUT2D eigenvalue weighted by atomic mass is 10.2. The van der Waals surface area contributed by atoms with Crippen molar-refractivity contribution in [3.8, 4) is 0 Å². The largest absolute Gasteiger partial charge is 0.383 e. The summed E-state index contributed by atoms with van der Waals surface area (Å²) in [5, 5.41) is 2.95. The van der Waals surface area contributed by atoms with Crippen LogP contribution in [0.15, 0.2) is 42.7 Å². The van der Waals surface area contributed by atoms with E-state index in [2.05, 4.69) is 20.3 Å². The van der Waals surface area contributed by atoms with Gasteiger partial charge >= 0.3 is 6.03 Å². The number of nitrogens with one attached hydrogen (secondary N) is 2. The van der Waals surface area contributed by atoms with Crippen LogP contribution < -0.4 is 5.32 Å². The first-order valence-corrected chi connectivity index (χ1v) is 8.62. The van der Waals surface area contributed by atoms with Crippen LogP contribution in [0.4, 0.5) is 10.5 Å². The number of benzene rings is 1. The number of pyridine rings is 1. The van der Waals surface area contributed by atoms with Crippen LogP contribution in [0.5, 0.6) is 0 Å². The number of rotatable bonds is 7. The van der Waals surface area contributed by atoms with Gasteiger partial charge in [0, 0.05) is 44.7 Å². The monoisotopic (exact) mass is 353 g/mol. The lowest BCUT2D eigenvalue weighted by molar-refractivity contribution is 0.153. The first-order valence-electron chi connectivity index (χ1n) is 8.62. The fourth-order valence-electron chi connectivity index (χ4n) is 2.68. The number of aromatic nitrogens is 3. The quantitative estimate of drug-likeness (QED) is 0.683. The predicted octanol–water partition coefficient (Wildman–Crippen LogP) is 3.20. The van der Waals surface area contributed by atoms with E-state index in [1.54, 1.807) is 24.4 Å². The topological polar surface area (TPSA) is 83.1 Å². The Morgan fingerprint density at radius 1 is 1.35 bits per heavy atom. The molecule has 0 saturated heterocycles. The van der Waals surface area contributed by atoms with Gasteiger partial charge in [0.15, 0.2) is 0 Å². The van der Waals surface area contributed by atoms with Gasteiger partial charge < -0.3 is 19.9 Å². The maximum atomic E-state index is 12.7. The number of imidazole rings is 1. The molecule has 1 aromatic carbocycles. The molecular weight excluding hydrogens is 330 g/mol. The van der Waals surface area contributed by atoms with Crippen molar-refractivity contribution in [3.05, 3.63) is 54.1 Å². The fourth-order valence-corrected chi connectivity index (χ4v) is 2.68. The molecular formula is C19H23N5O2. The van der Waals surface area contributed by atoms with Gasteiger partial charge in [0.2, 0.25) is 0 Å². The van der Waals surface area contributed by atoms with E-state index in [1.807, 2.05) is 37.3 Å². The SMILES string of the molecule is CCc1nc2ccc(NC(=O)N(CCOC)Cc3cccnc3)cc2[nH]1. The third kappa shape index (κ3) is 4.37. The highest BCUT2D eigenvalue weighted by atomic mass is 16.5. The number of carbonyl (C=O) groups excluding carboxylic acids is 1. The molecule has 0 aliphatic heterocycles. The molecule has 0 bridgehead atoms. The van der Waals surface area contributed by atoms with Gasteiger partial charge in [-0.2, -0.15) is 0 Å². The van der Waals surface area contributed by atoms with E-state index in [1.165, 1.54) is 0 Å². The Morgan fingerprint density at radius 2 is 2.23 bits per heavy atom. The summed E-state index contributed by atoms with van der Waals surface area (Å²) in [5.74, 6) is 0.932. The second kappa shape index (κ2) is 8.44. The Hall–Kier alpha value is -2.93. The molecule has 3 rings (SSSR count). The van der Waals surface area contributed by atoms with Crippen molar-refractivity contribution < 1.29 is 9.53 Å². The molecule has 0 aliphatic rings. The number of anilines is 1. The maximum Gasteiger partial charge on any atom is 0.322 e. The van der Waals surface area contributed by atoms with Crippen LogP contribution in [0.1, 0.15) is 18.3 Å². The van der Waals surface area contributed by atoms with Crippen LogP contribution in [0.2, 0.25) is 0 Å². The number of H-pyrrole nitrogens is 1. The van der Waals surface area contributed by atoms with Crippen molar-refractivity contribution >= 4 is 22.8 Å². The molecule has 7 nitrogen and oxygen atoms in total. The zero-order valence-corrected chi connectivity index (χ0v) is 15.0. The summed E-state index contributed by atoms with van der Waals surface area (Å²) in [6.07, 6.45) is 4.32. The van der Waals surface area contributed by atoms with Gasteiger partial charge in [-0.15, -0.1) is 0 Å². The van der Waals surface area contributed by atoms with Gasteiger partial charge in [-0.3, -0.25) is 4.98 Å². The molecule has 0 fully saturated rings. The first kappa shape index (κ1) is 17.9. The summed E-state index contributed by atoms with van der Waals surface area (Å²) in [7, 11) is 1.62. The minimum atomic E-state index is -0.180. The minimum Gasteiger partial charge on any atom is -0.383 e. The zero-order valence-electron chi connectivity index (χ0n) is 15.0. The molecule has 2 N–H and O–H groups in total. The summed E-state index contributed by atoms with van der Waals surface area (Å²) in [6.45, 7) is 3.47. The molecule has 0 radical (unpaired) electrons. The number of urea groups is 1. The Kier molecular flexibility index (Phi) is 5.80. The molecule has 0 saturated carbocycles. The third-order valence-corrected chi connectivity index (χ3v) is 4.07. The van der Waals surface area contributed by atoms with Crippen LogP contribution in [0.3, 0.4) is 0 Å². The number of aromatic amines is 1. The third-order valence-electron chi connectivity index (χ3n) is 4.07. The second-order valence-corrected chi connectivity index (χ2v) is 5.97. The molecule has 2 amide bonds. The van der Waals surface area contributed by atoms with Crippen LogP contribution >= 0.6 is 0 Å². The van der Waals surface area contributed by atoms with E-state index in [9.17, 15) is 4.79 Å². The van der Waals surface area contributed by atoms with Gasteiger partial charge in [0.1, 0.15) is 5.82 Å². The van der Waals surface area contributed by atoms with Gasteiger partial charge in [0.25, 0.3) is 0 Å². The molecule has 0 unspecified atom stereocenters. The number of aryl methyl sites for hydroxylation is 1. The van der Waals surface area contributed by atoms with Gasteiger partial charge in [0.05, 0.1) is 17.6 Å². The minimum absolute atomic E-state index is 0.180. The van der Waals surface area contributed by atoms with E-state index < -0.39 is 0 Å². The number of ether oxygens (including phenoxy) is 1. The van der Waals surface area contributed by atoms with Crippen LogP contribution in [-0.4, -0.2) is 46.1 Å². The lowest BCUT2D eigenvalue weighted by Gasteiger charge is -2.22. The van der Waals surface area contributed by atoms with E-state index in [0.29, 0.717) is 19.7 Å². The second-order valence-electron chi connectivity index (χ2n) is 5.97. The summed E-state index contributed by atoms with van der Waals surface area (Å²) < 4.78 is 5.13. The molecule has 0 spiro atoms. The van der Waals surface area contributed by atoms with Crippen molar-refractivity contribution in [2.75, 3.05) is 25.6 Å². The summed E-state index contributed by atoms with van der Waals surface area (Å²) in [5.41, 5.74) is 3.50. The Bertz CT molecular complexity index is 863. The number of fused-ring (bicyclic) bond motifs is 1. The highest BCUT2D eigenvalue weighted by Crippen LogP contribution is 2.18. The number of methoxy groups -OCH3 is 1. The van der Waals surface area contributed by atoms with E-state index in [0.717, 1.165) is 34.5 Å². The number of amides is 2. The average molecular weight is 353 g/mol. The number of carbonyl (C=O) groups is 1. The van der Waals surface area contributed by atoms with Crippen LogP contribution in [0.25, 0.3) is 11.0 Å². The Labute approximate surface area is 152 Å². The van der Waals surface area contributed by atoms with Gasteiger partial charge in [-0.05, 0) is 29.8 Å². The molecule has 0 aliphatic carbocycles. The van der Waals surface area contributed by atoms with Gasteiger partial charge in [-0.25, -0.2) is 9.78 Å². The predicted molar refractivity (Wildman–Crippen MR) is 101 cm³/mol. The van der Waals surface area contributed by atoms with Crippen molar-refractivity contribution in [2.24, 2.45) is 0 Å². The molecule has 2 heterocycles. The molecule has 3 aromatic rings. The van der Waals surface area contributed by atoms with Gasteiger partial charge in [-0.1, -0.05) is 13.0 Å². The van der Waals surface area contributed by atoms with Crippen molar-refractivity contribution in [2.45, 2.75) is 19.9 Å². The smallest absolute Gasteiger partial charge is 0.322 e. The number of hydrogen-bond donors (Lipinski definition) is 2. The highest BCUT2D eigenvalue weighted by Gasteiger charge is 2.15. The lowest BCUT2D eigenvalue weighted by Crippen LogP contribution is -2.36. The summed E-state index contributed by atoms with van der Waals surface area (Å²) in [4.78, 5) is 26.3. The molecule has 26 heavy (non-hydrogen) atoms. The van der Waals surface area contributed by atoms with Crippen molar-refractivity contribution in [1.29, 1.82) is 0 Å². The van der Waals surface area contributed by atoms with Crippen molar-refractivity contribution in [1.82, 2.24) is 19.9 Å². The van der Waals surface area contributed by atoms with Crippen molar-refractivity contribution in [3.63, 3.8) is 0 Å². The first-order chi connectivity index (χ1) is 12.7. The number of hydrogen-bond acceptors (Lipinski definition) is 4. The normalized spacial score (nSPS) is 10.8. The van der Waals surface area contributed by atoms with E-state index in [-0.39, 0.29) is 6.03 Å². The molecule has 136 valence electrons. The zero-order chi connectivity index (χ0) is 18.4. The summed E-state index contributed by atoms with van der Waals surface area (Å²) >= 11 is 0. The highest BCUT2D eigenvalue weighted by molar-refractivity contribution is 5.92. The van der Waals surface area contributed by atoms with E-state index >= 15 is 0 Å². The molecule has 0 atom stereocenters. The number of nitrogens with zero attached hydrogens (tertiary/aromatic N) is 3. The fraction of sp³-hybridized carbons (Fsp3) is 0.316. The van der Waals surface area contributed by atoms with Crippen LogP contribution in [0, 0.1) is 0 Å². The molecule has 7 heteroatoms. The Balaban J connectivity index is 1.73. The maximum absolute atomic E-state index is 12.7. The van der Waals surface area contributed by atoms with E-state index in [4.69, 9.17) is 4.74 Å².